The Labute approximate surface area is 724 Å². The number of phenols is 2. The maximum absolute atomic E-state index is 15.5. The van der Waals surface area contributed by atoms with E-state index >= 15 is 4.39 Å². The number of benzene rings is 2. The number of nitrogens with one attached hydrogen (secondary N) is 15. The van der Waals surface area contributed by atoms with E-state index in [4.69, 9.17) is 11.1 Å². The second-order valence-electron chi connectivity index (χ2n) is 30.8. The summed E-state index contributed by atoms with van der Waals surface area (Å²) in [6.07, 6.45) is -5.28. The maximum atomic E-state index is 15.5. The van der Waals surface area contributed by atoms with E-state index in [2.05, 4.69) is 74.4 Å². The highest BCUT2D eigenvalue weighted by molar-refractivity contribution is 6.02. The molecule has 4 aromatic rings. The molecule has 7 rings (SSSR count). The molecule has 2 fully saturated rings. The minimum Gasteiger partial charge on any atom is -0.545 e. The van der Waals surface area contributed by atoms with E-state index in [1.54, 1.807) is 11.8 Å². The fraction of sp³-hybridized carbons (Fsp3) is 0.551. The summed E-state index contributed by atoms with van der Waals surface area (Å²) >= 11 is 0. The van der Waals surface area contributed by atoms with E-state index in [0.717, 1.165) is 38.2 Å². The average molecular weight is 1790 g/mol. The highest BCUT2D eigenvalue weighted by Gasteiger charge is 2.43. The second-order valence-corrected chi connectivity index (χ2v) is 30.8. The number of nitrogens with zero attached hydrogens (tertiary/aromatic N) is 6. The molecule has 2 aromatic heterocycles. The number of aromatic hydroxyl groups is 2. The second kappa shape index (κ2) is 47.7. The van der Waals surface area contributed by atoms with Gasteiger partial charge < -0.3 is 130 Å². The predicted molar refractivity (Wildman–Crippen MR) is 441 cm³/mol. The summed E-state index contributed by atoms with van der Waals surface area (Å²) < 4.78 is 18.3. The van der Waals surface area contributed by atoms with E-state index in [-0.39, 0.29) is 205 Å². The summed E-state index contributed by atoms with van der Waals surface area (Å²) in [4.78, 5) is 231. The summed E-state index contributed by atoms with van der Waals surface area (Å²) in [5.74, 6) is -16.5. The van der Waals surface area contributed by atoms with Crippen molar-refractivity contribution in [1.82, 2.24) is 83.4 Å². The molecule has 25 N–H and O–H groups in total. The van der Waals surface area contributed by atoms with Gasteiger partial charge in [0, 0.05) is 127 Å². The summed E-state index contributed by atoms with van der Waals surface area (Å²) in [7, 11) is 0. The zero-order valence-electron chi connectivity index (χ0n) is 70.3. The van der Waals surface area contributed by atoms with Gasteiger partial charge in [-0.1, -0.05) is 0 Å². The quantitative estimate of drug-likeness (QED) is 0.00287. The topological polar surface area (TPSA) is 715 Å². The van der Waals surface area contributed by atoms with Gasteiger partial charge in [0.05, 0.1) is 54.7 Å². The van der Waals surface area contributed by atoms with Crippen LogP contribution in [0.1, 0.15) is 134 Å². The number of piperazine rings is 1. The van der Waals surface area contributed by atoms with Gasteiger partial charge in [-0.25, -0.2) is 19.1 Å². The Hall–Kier alpha value is -13.3. The number of aliphatic hydroxyl groups is 4. The van der Waals surface area contributed by atoms with Crippen molar-refractivity contribution in [3.8, 4) is 11.5 Å². The van der Waals surface area contributed by atoms with Gasteiger partial charge >= 0.3 is 0 Å². The van der Waals surface area contributed by atoms with Crippen LogP contribution >= 0.6 is 0 Å². The van der Waals surface area contributed by atoms with Crippen LogP contribution in [0, 0.1) is 11.2 Å². The van der Waals surface area contributed by atoms with Crippen molar-refractivity contribution >= 4 is 141 Å². The van der Waals surface area contributed by atoms with E-state index in [1.165, 1.54) is 33.1 Å². The van der Waals surface area contributed by atoms with Gasteiger partial charge in [0.1, 0.15) is 64.9 Å². The first-order valence-electron chi connectivity index (χ1n) is 41.1. The monoisotopic (exact) mass is 1790 g/mol. The smallest absolute Gasteiger partial charge is 0.299 e. The first kappa shape index (κ1) is 101. The van der Waals surface area contributed by atoms with Crippen LogP contribution in [-0.2, 0) is 78.5 Å². The van der Waals surface area contributed by atoms with Gasteiger partial charge in [0.15, 0.2) is 28.9 Å². The minimum absolute atomic E-state index is 0.00402. The number of guanidine groups is 1. The zero-order valence-corrected chi connectivity index (χ0v) is 70.3. The lowest BCUT2D eigenvalue weighted by Gasteiger charge is -2.36. The fourth-order valence-electron chi connectivity index (χ4n) is 14.3. The van der Waals surface area contributed by atoms with Crippen molar-refractivity contribution < 1.29 is 132 Å². The molecule has 127 heavy (non-hydrogen) atoms. The third kappa shape index (κ3) is 28.4. The van der Waals surface area contributed by atoms with Crippen molar-refractivity contribution in [1.29, 1.82) is 5.41 Å². The van der Waals surface area contributed by atoms with E-state index in [1.807, 2.05) is 0 Å². The maximum Gasteiger partial charge on any atom is 0.299 e. The lowest BCUT2D eigenvalue weighted by Crippen LogP contribution is -2.65. The van der Waals surface area contributed by atoms with Crippen LogP contribution < -0.4 is 100 Å². The number of carbonyl (C=O) groups excluding carboxylic acids is 16. The molecule has 3 aliphatic heterocycles. The predicted octanol–water partition coefficient (Wildman–Crippen LogP) is -8.35. The Morgan fingerprint density at radius 1 is 0.701 bits per heavy atom. The molecule has 696 valence electrons. The van der Waals surface area contributed by atoms with Crippen LogP contribution in [0.4, 0.5) is 21.6 Å². The van der Waals surface area contributed by atoms with Crippen LogP contribution in [0.5, 0.6) is 11.5 Å². The summed E-state index contributed by atoms with van der Waals surface area (Å²) in [6.45, 7) is 2.52. The van der Waals surface area contributed by atoms with Crippen molar-refractivity contribution in [3.05, 3.63) is 58.1 Å². The van der Waals surface area contributed by atoms with E-state index < -0.39 is 216 Å². The molecule has 0 radical (unpaired) electrons. The first-order valence-corrected chi connectivity index (χ1v) is 41.1. The van der Waals surface area contributed by atoms with Crippen LogP contribution in [-0.4, -0.2) is 307 Å². The minimum atomic E-state index is -2.25. The highest BCUT2D eigenvalue weighted by atomic mass is 19.1. The Morgan fingerprint density at radius 2 is 1.30 bits per heavy atom. The number of rotatable bonds is 41. The molecule has 0 spiro atoms. The summed E-state index contributed by atoms with van der Waals surface area (Å²) in [6, 6.07) is -7.75. The largest absolute Gasteiger partial charge is 0.545 e. The van der Waals surface area contributed by atoms with Crippen molar-refractivity contribution in [2.45, 2.75) is 190 Å². The Bertz CT molecular complexity index is 4780. The molecule has 49 heteroatoms. The lowest BCUT2D eigenvalue weighted by atomic mass is 9.92. The third-order valence-corrected chi connectivity index (χ3v) is 21.3. The molecule has 2 saturated heterocycles. The Kier molecular flexibility index (Phi) is 37.9. The number of aromatic carboxylic acids is 1. The average Bonchev–Trinajstić information content (AvgIpc) is 0.751. The van der Waals surface area contributed by atoms with Crippen LogP contribution in [0.2, 0.25) is 0 Å². The molecule has 11 atom stereocenters. The number of anilines is 3. The van der Waals surface area contributed by atoms with Crippen molar-refractivity contribution in [2.75, 3.05) is 101 Å². The molecule has 15 amide bonds. The number of pyridine rings is 2. The molecule has 0 saturated carbocycles. The first-order chi connectivity index (χ1) is 60.3. The summed E-state index contributed by atoms with van der Waals surface area (Å²) in [5, 5.41) is 139. The number of carboxylic acid groups (broad SMARTS) is 1. The number of aromatic nitrogens is 2. The van der Waals surface area contributed by atoms with Crippen molar-refractivity contribution in [2.24, 2.45) is 5.73 Å². The van der Waals surface area contributed by atoms with E-state index in [0.29, 0.717) is 5.52 Å². The van der Waals surface area contributed by atoms with Gasteiger partial charge in [0.2, 0.25) is 83.7 Å². The Balaban J connectivity index is 0.986. The van der Waals surface area contributed by atoms with Crippen LogP contribution in [0.15, 0.2) is 41.3 Å². The van der Waals surface area contributed by atoms with Gasteiger partial charge in [-0.05, 0) is 110 Å². The molecule has 0 bridgehead atoms. The summed E-state index contributed by atoms with van der Waals surface area (Å²) in [5.41, 5.74) is 2.28. The fourth-order valence-corrected chi connectivity index (χ4v) is 14.3. The van der Waals surface area contributed by atoms with Gasteiger partial charge in [-0.15, -0.1) is 0 Å². The zero-order chi connectivity index (χ0) is 93.7. The van der Waals surface area contributed by atoms with Crippen molar-refractivity contribution in [3.63, 3.8) is 0 Å². The molecular weight excluding hydrogens is 1680 g/mol. The standard InChI is InChI=1S/C78H111FN22O26/c1-5-96-36-45(75(123)124)65(114)44-33-46(79)56(34-55(44)96)97-27-29-98(30-28-97)62(113)17-16-60(111)83-24-23-82-59(110)14-15-61(112)87-50-31-43-32-57(108)58(109)35-54(43)101-53(18-22-84-66(50)101)72(120)91-51(37-102)70(118)89-47(12-8-21-86-77(80)81)67(115)90-52(38-103)71(119)95-78(4,19-10-26-100(127)40-105)76(125)92-49-11-6-7-20-85-73(121)63(41(2)106)94-74(122)64(42(3)107)93-69(117)48(88-68(49)116)13-9-25-99(126)39-104/h31-36,39-42,47-49,51-53,63-64,102-103,106-107,126-127H,5-30,37-38H2,1-4H3,(H19,80,81,82,83,84,85,86,87,88,89,90,91,92,93,94,95,108,109,110,111,112,115,116,117,118,119,120,121,122,123,124,125)/t41?,42?,47-,48-,49-,51+,52+,53-,63+,64-,78-/m0/s1. The van der Waals surface area contributed by atoms with Crippen LogP contribution in [0.3, 0.4) is 0 Å². The number of carboxylic acids is 1. The van der Waals surface area contributed by atoms with E-state index in [9.17, 15) is 128 Å². The number of aryl methyl sites for hydroxylation is 1. The molecule has 5 heterocycles. The molecular formula is C78H111FN22O26. The number of hydroxylamine groups is 4. The third-order valence-electron chi connectivity index (χ3n) is 21.3. The molecule has 2 aromatic carbocycles. The normalized spacial score (nSPS) is 18.6. The van der Waals surface area contributed by atoms with Gasteiger partial charge in [-0.2, -0.15) is 0 Å². The number of aliphatic hydroxyl groups excluding tert-OH is 4. The lowest BCUT2D eigenvalue weighted by molar-refractivity contribution is -0.674. The molecule has 48 nitrogen and oxygen atoms in total. The molecule has 0 aliphatic carbocycles. The number of hydrogen-bond donors (Lipinski definition) is 24. The number of hydrogen-bond acceptors (Lipinski definition) is 29. The number of nitrogens with two attached hydrogens (primary N) is 1. The molecule has 3 aliphatic rings. The number of carbonyl (C=O) groups is 16. The highest BCUT2D eigenvalue weighted by Crippen LogP contribution is 2.36. The SMILES string of the molecule is CCn1cc(C(=O)[O-])c(=O)c2cc(F)c(N3CCN(C(=O)CCC(=O)NCCNC(=O)CCC(=O)Nc4cc5cc(O)c(O)cc5[n+]5c4NCC[C@H]5C(=O)N[C@H](CO)C(=O)N[C@@H](CCCNC(=N)N)C(=O)N[C@H](CO)C(=O)N[C@@](C)(CCCN(O)C=O)C(=O)N[C@H]4CCCCNC(=O)[C@@H](C(C)O)NC(=O)[C@H](C(C)O)NC(=O)[C@H](CCCN(O)C=O)NC4=O)CC3)cc21. The van der Waals surface area contributed by atoms with Crippen LogP contribution in [0.25, 0.3) is 21.8 Å². The molecule has 2 unspecified atom stereocenters. The number of amides is 15. The number of fused-ring (bicyclic) bond motifs is 4. The Morgan fingerprint density at radius 3 is 1.92 bits per heavy atom. The number of phenolic OH excluding ortho intramolecular Hbond substituents is 2. The van der Waals surface area contributed by atoms with Gasteiger partial charge in [0.25, 0.3) is 11.7 Å². The number of halogens is 1. The van der Waals surface area contributed by atoms with Gasteiger partial charge in [-0.3, -0.25) is 97.9 Å².